The lowest BCUT2D eigenvalue weighted by molar-refractivity contribution is 0.414. The summed E-state index contributed by atoms with van der Waals surface area (Å²) in [6, 6.07) is 16.6. The van der Waals surface area contributed by atoms with Crippen LogP contribution in [0.5, 0.6) is 5.75 Å². The van der Waals surface area contributed by atoms with Crippen LogP contribution in [-0.2, 0) is 5.54 Å². The molecule has 19 heavy (non-hydrogen) atoms. The molecule has 3 heteroatoms. The molecular weight excluding hydrogens is 236 g/mol. The largest absolute Gasteiger partial charge is 0.497 e. The number of methoxy groups -OCH3 is 1. The molecule has 0 bridgehead atoms. The summed E-state index contributed by atoms with van der Waals surface area (Å²) < 4.78 is 5.25. The Morgan fingerprint density at radius 3 is 2.58 bits per heavy atom. The molecule has 0 aromatic heterocycles. The van der Waals surface area contributed by atoms with Crippen molar-refractivity contribution in [3.63, 3.8) is 0 Å². The van der Waals surface area contributed by atoms with E-state index in [1.165, 1.54) is 5.56 Å². The number of nitrogens with one attached hydrogen (secondary N) is 2. The smallest absolute Gasteiger partial charge is 0.121 e. The molecule has 1 aliphatic rings. The van der Waals surface area contributed by atoms with Crippen LogP contribution < -0.4 is 15.4 Å². The molecule has 1 atom stereocenters. The number of hydrogen-bond acceptors (Lipinski definition) is 3. The van der Waals surface area contributed by atoms with E-state index < -0.39 is 0 Å². The van der Waals surface area contributed by atoms with Crippen molar-refractivity contribution in [1.82, 2.24) is 0 Å². The van der Waals surface area contributed by atoms with Crippen molar-refractivity contribution in [2.45, 2.75) is 12.5 Å². The van der Waals surface area contributed by atoms with Gasteiger partial charge in [0.1, 0.15) is 5.75 Å². The van der Waals surface area contributed by atoms with E-state index in [9.17, 15) is 0 Å². The Hall–Kier alpha value is -2.16. The average Bonchev–Trinajstić information content (AvgIpc) is 2.47. The molecule has 2 aromatic rings. The van der Waals surface area contributed by atoms with E-state index >= 15 is 0 Å². The third-order valence-electron chi connectivity index (χ3n) is 3.68. The predicted molar refractivity (Wildman–Crippen MR) is 78.9 cm³/mol. The Morgan fingerprint density at radius 2 is 1.84 bits per heavy atom. The molecule has 1 heterocycles. The molecule has 1 unspecified atom stereocenters. The van der Waals surface area contributed by atoms with Crippen LogP contribution in [-0.4, -0.2) is 13.7 Å². The molecule has 0 radical (unpaired) electrons. The maximum atomic E-state index is 5.25. The van der Waals surface area contributed by atoms with Crippen LogP contribution in [0.2, 0.25) is 0 Å². The van der Waals surface area contributed by atoms with E-state index in [1.807, 2.05) is 18.2 Å². The van der Waals surface area contributed by atoms with Crippen LogP contribution in [0.4, 0.5) is 11.4 Å². The Balaban J connectivity index is 1.94. The zero-order valence-corrected chi connectivity index (χ0v) is 11.2. The van der Waals surface area contributed by atoms with Crippen LogP contribution in [0.25, 0.3) is 0 Å². The van der Waals surface area contributed by atoms with E-state index in [2.05, 4.69) is 47.9 Å². The van der Waals surface area contributed by atoms with Crippen LogP contribution in [0.1, 0.15) is 12.5 Å². The van der Waals surface area contributed by atoms with Gasteiger partial charge in [0.15, 0.2) is 0 Å². The third-order valence-corrected chi connectivity index (χ3v) is 3.68. The van der Waals surface area contributed by atoms with E-state index in [-0.39, 0.29) is 5.54 Å². The fourth-order valence-corrected chi connectivity index (χ4v) is 2.50. The summed E-state index contributed by atoms with van der Waals surface area (Å²) in [5, 5.41) is 7.11. The maximum absolute atomic E-state index is 5.25. The quantitative estimate of drug-likeness (QED) is 0.861. The van der Waals surface area contributed by atoms with Gasteiger partial charge < -0.3 is 15.4 Å². The normalized spacial score (nSPS) is 20.9. The van der Waals surface area contributed by atoms with Crippen molar-refractivity contribution in [2.75, 3.05) is 24.3 Å². The van der Waals surface area contributed by atoms with Crippen molar-refractivity contribution in [1.29, 1.82) is 0 Å². The number of anilines is 2. The van der Waals surface area contributed by atoms with Crippen molar-refractivity contribution >= 4 is 11.4 Å². The summed E-state index contributed by atoms with van der Waals surface area (Å²) >= 11 is 0. The van der Waals surface area contributed by atoms with Crippen molar-refractivity contribution in [3.05, 3.63) is 54.1 Å². The Labute approximate surface area is 113 Å². The van der Waals surface area contributed by atoms with Gasteiger partial charge in [-0.25, -0.2) is 0 Å². The fraction of sp³-hybridized carbons (Fsp3) is 0.250. The van der Waals surface area contributed by atoms with E-state index in [0.29, 0.717) is 0 Å². The first-order valence-corrected chi connectivity index (χ1v) is 6.47. The fourth-order valence-electron chi connectivity index (χ4n) is 2.50. The van der Waals surface area contributed by atoms with Gasteiger partial charge in [-0.1, -0.05) is 30.3 Å². The molecule has 0 fully saturated rings. The van der Waals surface area contributed by atoms with Crippen molar-refractivity contribution in [2.24, 2.45) is 0 Å². The Bertz CT molecular complexity index is 583. The predicted octanol–water partition coefficient (Wildman–Crippen LogP) is 3.45. The monoisotopic (exact) mass is 254 g/mol. The van der Waals surface area contributed by atoms with Crippen molar-refractivity contribution in [3.8, 4) is 5.75 Å². The molecule has 98 valence electrons. The van der Waals surface area contributed by atoms with Gasteiger partial charge in [-0.3, -0.25) is 0 Å². The van der Waals surface area contributed by atoms with Gasteiger partial charge in [-0.05, 0) is 24.6 Å². The van der Waals surface area contributed by atoms with Gasteiger partial charge in [0.2, 0.25) is 0 Å². The molecule has 0 aliphatic carbocycles. The molecule has 0 saturated heterocycles. The first kappa shape index (κ1) is 11.9. The molecule has 0 amide bonds. The lowest BCUT2D eigenvalue weighted by Gasteiger charge is -2.38. The highest BCUT2D eigenvalue weighted by Crippen LogP contribution is 2.37. The lowest BCUT2D eigenvalue weighted by Crippen LogP contribution is -2.42. The standard InChI is InChI=1S/C16H18N2O/c1-16(12-6-4-3-5-7-12)11-17-15-10-13(19-2)8-9-14(15)18-16/h3-10,17-18H,11H2,1-2H3. The van der Waals surface area contributed by atoms with Crippen LogP contribution in [0.15, 0.2) is 48.5 Å². The van der Waals surface area contributed by atoms with Crippen LogP contribution in [0, 0.1) is 0 Å². The van der Waals surface area contributed by atoms with Crippen LogP contribution in [0.3, 0.4) is 0 Å². The first-order chi connectivity index (χ1) is 9.21. The second-order valence-corrected chi connectivity index (χ2v) is 5.09. The number of ether oxygens (including phenoxy) is 1. The minimum atomic E-state index is -0.0944. The number of hydrogen-bond donors (Lipinski definition) is 2. The van der Waals surface area contributed by atoms with Gasteiger partial charge >= 0.3 is 0 Å². The molecule has 0 saturated carbocycles. The molecule has 3 nitrogen and oxygen atoms in total. The summed E-state index contributed by atoms with van der Waals surface area (Å²) in [6.45, 7) is 3.06. The summed E-state index contributed by atoms with van der Waals surface area (Å²) in [5.41, 5.74) is 3.39. The lowest BCUT2D eigenvalue weighted by atomic mass is 9.89. The summed E-state index contributed by atoms with van der Waals surface area (Å²) in [6.07, 6.45) is 0. The maximum Gasteiger partial charge on any atom is 0.121 e. The SMILES string of the molecule is COc1ccc2c(c1)NCC(C)(c1ccccc1)N2. The topological polar surface area (TPSA) is 33.3 Å². The highest BCUT2D eigenvalue weighted by molar-refractivity contribution is 5.74. The Kier molecular flexibility index (Phi) is 2.82. The average molecular weight is 254 g/mol. The van der Waals surface area contributed by atoms with Crippen LogP contribution >= 0.6 is 0 Å². The van der Waals surface area contributed by atoms with Gasteiger partial charge in [-0.15, -0.1) is 0 Å². The minimum Gasteiger partial charge on any atom is -0.497 e. The molecule has 3 rings (SSSR count). The highest BCUT2D eigenvalue weighted by atomic mass is 16.5. The van der Waals surface area contributed by atoms with Gasteiger partial charge in [0, 0.05) is 12.6 Å². The van der Waals surface area contributed by atoms with Gasteiger partial charge in [-0.2, -0.15) is 0 Å². The number of fused-ring (bicyclic) bond motifs is 1. The summed E-state index contributed by atoms with van der Waals surface area (Å²) in [7, 11) is 1.69. The molecule has 2 N–H and O–H groups in total. The second kappa shape index (κ2) is 4.50. The minimum absolute atomic E-state index is 0.0944. The van der Waals surface area contributed by atoms with Gasteiger partial charge in [0.25, 0.3) is 0 Å². The van der Waals surface area contributed by atoms with E-state index in [4.69, 9.17) is 4.74 Å². The Morgan fingerprint density at radius 1 is 1.05 bits per heavy atom. The van der Waals surface area contributed by atoms with Crippen molar-refractivity contribution < 1.29 is 4.74 Å². The molecule has 0 spiro atoms. The zero-order chi connectivity index (χ0) is 13.3. The third kappa shape index (κ3) is 2.12. The van der Waals surface area contributed by atoms with Gasteiger partial charge in [0.05, 0.1) is 24.0 Å². The van der Waals surface area contributed by atoms with E-state index in [1.54, 1.807) is 7.11 Å². The van der Waals surface area contributed by atoms with E-state index in [0.717, 1.165) is 23.7 Å². The summed E-state index contributed by atoms with van der Waals surface area (Å²) in [4.78, 5) is 0. The number of benzene rings is 2. The second-order valence-electron chi connectivity index (χ2n) is 5.09. The molecule has 1 aliphatic heterocycles. The highest BCUT2D eigenvalue weighted by Gasteiger charge is 2.30. The number of rotatable bonds is 2. The first-order valence-electron chi connectivity index (χ1n) is 6.47. The zero-order valence-electron chi connectivity index (χ0n) is 11.2. The molecular formula is C16H18N2O. The summed E-state index contributed by atoms with van der Waals surface area (Å²) in [5.74, 6) is 0.872. The molecule has 2 aromatic carbocycles.